The van der Waals surface area contributed by atoms with Gasteiger partial charge in [0, 0.05) is 31.3 Å². The van der Waals surface area contributed by atoms with Gasteiger partial charge in [-0.15, -0.1) is 0 Å². The van der Waals surface area contributed by atoms with Crippen molar-refractivity contribution < 1.29 is 18.3 Å². The first-order valence-corrected chi connectivity index (χ1v) is 8.37. The number of hydrogen-bond acceptors (Lipinski definition) is 2. The van der Waals surface area contributed by atoms with E-state index in [2.05, 4.69) is 0 Å². The third-order valence-corrected chi connectivity index (χ3v) is 4.76. The molecule has 0 spiro atoms. The lowest BCUT2D eigenvalue weighted by Gasteiger charge is -2.31. The monoisotopic (exact) mass is 345 g/mol. The number of ether oxygens (including phenoxy) is 1. The Kier molecular flexibility index (Phi) is 5.13. The molecule has 0 unspecified atom stereocenters. The zero-order valence-electron chi connectivity index (χ0n) is 14.4. The van der Waals surface area contributed by atoms with Gasteiger partial charge in [0.2, 0.25) is 0 Å². The second kappa shape index (κ2) is 7.31. The van der Waals surface area contributed by atoms with Gasteiger partial charge < -0.3 is 9.64 Å². The van der Waals surface area contributed by atoms with Crippen LogP contribution in [0.25, 0.3) is 11.1 Å². The standard InChI is InChI=1S/C20H21F2NO2/c1-13-11-15(21)4-6-17(13)18-5-3-14(12-19(18)22)20(24)23-9-7-16(25-2)8-10-23/h3-6,11-12,16H,7-10H2,1-2H3. The summed E-state index contributed by atoms with van der Waals surface area (Å²) in [6, 6.07) is 8.72. The van der Waals surface area contributed by atoms with E-state index in [-0.39, 0.29) is 17.8 Å². The van der Waals surface area contributed by atoms with E-state index in [0.29, 0.717) is 35.3 Å². The van der Waals surface area contributed by atoms with Crippen LogP contribution in [0.5, 0.6) is 0 Å². The molecule has 1 saturated heterocycles. The maximum atomic E-state index is 14.6. The van der Waals surface area contributed by atoms with Crippen molar-refractivity contribution in [1.29, 1.82) is 0 Å². The molecular weight excluding hydrogens is 324 g/mol. The minimum atomic E-state index is -0.479. The maximum Gasteiger partial charge on any atom is 0.253 e. The van der Waals surface area contributed by atoms with Crippen LogP contribution < -0.4 is 0 Å². The number of methoxy groups -OCH3 is 1. The lowest BCUT2D eigenvalue weighted by Crippen LogP contribution is -2.40. The molecule has 3 rings (SSSR count). The number of carbonyl (C=O) groups is 1. The largest absolute Gasteiger partial charge is 0.381 e. The highest BCUT2D eigenvalue weighted by molar-refractivity contribution is 5.95. The Morgan fingerprint density at radius 1 is 1.08 bits per heavy atom. The lowest BCUT2D eigenvalue weighted by atomic mass is 9.98. The predicted octanol–water partition coefficient (Wildman–Crippen LogP) is 4.19. The van der Waals surface area contributed by atoms with Gasteiger partial charge in [-0.3, -0.25) is 4.79 Å². The van der Waals surface area contributed by atoms with Crippen molar-refractivity contribution in [2.75, 3.05) is 20.2 Å². The molecule has 1 amide bonds. The molecule has 0 radical (unpaired) electrons. The van der Waals surface area contributed by atoms with Crippen molar-refractivity contribution in [1.82, 2.24) is 4.90 Å². The van der Waals surface area contributed by atoms with Crippen LogP contribution in [-0.4, -0.2) is 37.1 Å². The third kappa shape index (κ3) is 3.71. The van der Waals surface area contributed by atoms with Gasteiger partial charge in [-0.05, 0) is 55.2 Å². The average molecular weight is 345 g/mol. The Bertz CT molecular complexity index is 783. The van der Waals surface area contributed by atoms with Crippen LogP contribution in [-0.2, 0) is 4.74 Å². The van der Waals surface area contributed by atoms with Crippen molar-refractivity contribution in [3.63, 3.8) is 0 Å². The molecule has 5 heteroatoms. The summed E-state index contributed by atoms with van der Waals surface area (Å²) in [5, 5.41) is 0. The van der Waals surface area contributed by atoms with Crippen LogP contribution in [0.4, 0.5) is 8.78 Å². The molecule has 0 saturated carbocycles. The molecular formula is C20H21F2NO2. The second-order valence-electron chi connectivity index (χ2n) is 6.38. The lowest BCUT2D eigenvalue weighted by molar-refractivity contribution is 0.0350. The number of nitrogens with zero attached hydrogens (tertiary/aromatic N) is 1. The first-order valence-electron chi connectivity index (χ1n) is 8.37. The summed E-state index contributed by atoms with van der Waals surface area (Å²) in [6.07, 6.45) is 1.76. The number of benzene rings is 2. The number of piperidine rings is 1. The molecule has 0 aromatic heterocycles. The van der Waals surface area contributed by atoms with Crippen molar-refractivity contribution in [3.05, 3.63) is 59.2 Å². The highest BCUT2D eigenvalue weighted by atomic mass is 19.1. The Morgan fingerprint density at radius 3 is 2.36 bits per heavy atom. The molecule has 0 atom stereocenters. The number of carbonyl (C=O) groups excluding carboxylic acids is 1. The molecule has 132 valence electrons. The van der Waals surface area contributed by atoms with E-state index < -0.39 is 5.82 Å². The summed E-state index contributed by atoms with van der Waals surface area (Å²) in [5.74, 6) is -1.00. The van der Waals surface area contributed by atoms with Crippen molar-refractivity contribution in [2.45, 2.75) is 25.9 Å². The van der Waals surface area contributed by atoms with Gasteiger partial charge in [0.1, 0.15) is 11.6 Å². The van der Waals surface area contributed by atoms with Gasteiger partial charge in [-0.1, -0.05) is 12.1 Å². The van der Waals surface area contributed by atoms with E-state index in [4.69, 9.17) is 4.74 Å². The van der Waals surface area contributed by atoms with Crippen LogP contribution in [0, 0.1) is 18.6 Å². The molecule has 25 heavy (non-hydrogen) atoms. The number of amides is 1. The van der Waals surface area contributed by atoms with Crippen molar-refractivity contribution in [3.8, 4) is 11.1 Å². The van der Waals surface area contributed by atoms with Crippen molar-refractivity contribution >= 4 is 5.91 Å². The van der Waals surface area contributed by atoms with E-state index in [9.17, 15) is 13.6 Å². The van der Waals surface area contributed by atoms with E-state index in [1.54, 1.807) is 37.1 Å². The minimum absolute atomic E-state index is 0.171. The van der Waals surface area contributed by atoms with Gasteiger partial charge in [-0.2, -0.15) is 0 Å². The van der Waals surface area contributed by atoms with Gasteiger partial charge in [-0.25, -0.2) is 8.78 Å². The van der Waals surface area contributed by atoms with Crippen LogP contribution in [0.1, 0.15) is 28.8 Å². The maximum absolute atomic E-state index is 14.6. The number of hydrogen-bond donors (Lipinski definition) is 0. The topological polar surface area (TPSA) is 29.5 Å². The van der Waals surface area contributed by atoms with E-state index in [1.165, 1.54) is 18.2 Å². The molecule has 2 aromatic rings. The fourth-order valence-electron chi connectivity index (χ4n) is 3.27. The Morgan fingerprint density at radius 2 is 1.76 bits per heavy atom. The molecule has 3 nitrogen and oxygen atoms in total. The van der Waals surface area contributed by atoms with Gasteiger partial charge >= 0.3 is 0 Å². The van der Waals surface area contributed by atoms with Gasteiger partial charge in [0.05, 0.1) is 6.10 Å². The Hall–Kier alpha value is -2.27. The summed E-state index contributed by atoms with van der Waals surface area (Å²) in [5.41, 5.74) is 1.97. The van der Waals surface area contributed by atoms with Crippen molar-refractivity contribution in [2.24, 2.45) is 0 Å². The van der Waals surface area contributed by atoms with E-state index in [0.717, 1.165) is 12.8 Å². The normalized spacial score (nSPS) is 15.4. The molecule has 1 heterocycles. The summed E-state index contributed by atoms with van der Waals surface area (Å²) in [7, 11) is 1.67. The molecule has 1 fully saturated rings. The number of rotatable bonds is 3. The van der Waals surface area contributed by atoms with E-state index >= 15 is 0 Å². The summed E-state index contributed by atoms with van der Waals surface area (Å²) < 4.78 is 33.1. The molecule has 1 aliphatic rings. The highest BCUT2D eigenvalue weighted by Gasteiger charge is 2.24. The third-order valence-electron chi connectivity index (χ3n) is 4.76. The average Bonchev–Trinajstić information content (AvgIpc) is 2.62. The zero-order valence-corrected chi connectivity index (χ0v) is 14.4. The minimum Gasteiger partial charge on any atom is -0.381 e. The molecule has 0 bridgehead atoms. The second-order valence-corrected chi connectivity index (χ2v) is 6.38. The SMILES string of the molecule is COC1CCN(C(=O)c2ccc(-c3ccc(F)cc3C)c(F)c2)CC1. The van der Waals surface area contributed by atoms with Gasteiger partial charge in [0.25, 0.3) is 5.91 Å². The van der Waals surface area contributed by atoms with Crippen LogP contribution >= 0.6 is 0 Å². The summed E-state index contributed by atoms with van der Waals surface area (Å²) in [4.78, 5) is 14.3. The predicted molar refractivity (Wildman–Crippen MR) is 92.5 cm³/mol. The first kappa shape index (κ1) is 17.5. The van der Waals surface area contributed by atoms with Crippen LogP contribution in [0.2, 0.25) is 0 Å². The Balaban J connectivity index is 1.81. The van der Waals surface area contributed by atoms with Gasteiger partial charge in [0.15, 0.2) is 0 Å². The molecule has 0 aliphatic carbocycles. The molecule has 0 N–H and O–H groups in total. The number of aryl methyl sites for hydroxylation is 1. The first-order chi connectivity index (χ1) is 12.0. The highest BCUT2D eigenvalue weighted by Crippen LogP contribution is 2.28. The number of likely N-dealkylation sites (tertiary alicyclic amines) is 1. The molecule has 1 aliphatic heterocycles. The summed E-state index contributed by atoms with van der Waals surface area (Å²) in [6.45, 7) is 2.95. The fraction of sp³-hybridized carbons (Fsp3) is 0.350. The fourth-order valence-corrected chi connectivity index (χ4v) is 3.27. The zero-order chi connectivity index (χ0) is 18.0. The molecule has 2 aromatic carbocycles. The quantitative estimate of drug-likeness (QED) is 0.835. The van der Waals surface area contributed by atoms with Crippen LogP contribution in [0.3, 0.4) is 0 Å². The van der Waals surface area contributed by atoms with E-state index in [1.807, 2.05) is 0 Å². The Labute approximate surface area is 146 Å². The smallest absolute Gasteiger partial charge is 0.253 e. The summed E-state index contributed by atoms with van der Waals surface area (Å²) >= 11 is 0. The number of halogens is 2. The van der Waals surface area contributed by atoms with Crippen LogP contribution in [0.15, 0.2) is 36.4 Å².